The Bertz CT molecular complexity index is 745. The van der Waals surface area contributed by atoms with E-state index in [0.29, 0.717) is 11.3 Å². The van der Waals surface area contributed by atoms with Crippen molar-refractivity contribution in [2.24, 2.45) is 0 Å². The molecule has 0 fully saturated rings. The van der Waals surface area contributed by atoms with E-state index in [1.165, 1.54) is 4.90 Å². The highest BCUT2D eigenvalue weighted by Gasteiger charge is 2.13. The molecule has 5 heteroatoms. The lowest BCUT2D eigenvalue weighted by Crippen LogP contribution is -2.23. The van der Waals surface area contributed by atoms with Crippen molar-refractivity contribution < 1.29 is 4.79 Å². The summed E-state index contributed by atoms with van der Waals surface area (Å²) in [6.07, 6.45) is 0. The number of rotatable bonds is 1. The van der Waals surface area contributed by atoms with Crippen molar-refractivity contribution in [2.75, 3.05) is 14.1 Å². The zero-order valence-corrected chi connectivity index (χ0v) is 10.1. The summed E-state index contributed by atoms with van der Waals surface area (Å²) in [6, 6.07) is 9.67. The first-order valence-electron chi connectivity index (χ1n) is 5.62. The van der Waals surface area contributed by atoms with Crippen LogP contribution in [0, 0.1) is 0 Å². The van der Waals surface area contributed by atoms with Crippen molar-refractivity contribution in [1.29, 1.82) is 0 Å². The average Bonchev–Trinajstić information content (AvgIpc) is 2.75. The number of nitrogens with zero attached hydrogens (tertiary/aromatic N) is 3. The number of carbonyl (C=O) groups excluding carboxylic acids is 1. The average molecular weight is 240 g/mol. The number of aromatic nitrogens is 3. The molecule has 0 atom stereocenters. The van der Waals surface area contributed by atoms with Crippen molar-refractivity contribution in [1.82, 2.24) is 20.1 Å². The molecule has 0 saturated heterocycles. The molecular weight excluding hydrogens is 228 g/mol. The molecule has 0 unspecified atom stereocenters. The molecular formula is C13H12N4O. The van der Waals surface area contributed by atoms with Crippen molar-refractivity contribution >= 4 is 27.8 Å². The Kier molecular flexibility index (Phi) is 2.26. The number of nitrogens with one attached hydrogen (secondary N) is 1. The maximum atomic E-state index is 11.9. The molecule has 3 aromatic rings. The molecule has 1 aromatic carbocycles. The van der Waals surface area contributed by atoms with Gasteiger partial charge in [0.05, 0.1) is 0 Å². The van der Waals surface area contributed by atoms with Crippen molar-refractivity contribution in [3.05, 3.63) is 36.0 Å². The Morgan fingerprint density at radius 2 is 1.94 bits per heavy atom. The standard InChI is InChI=1S/C13H12N4O/c1-17(2)13(18)11-7-9-8-5-3-4-6-10(8)14-12(9)16-15-11/h3-7H,1-2H3,(H,14,16). The van der Waals surface area contributed by atoms with Gasteiger partial charge in [0.1, 0.15) is 0 Å². The van der Waals surface area contributed by atoms with Crippen LogP contribution in [0.15, 0.2) is 30.3 Å². The fraction of sp³-hybridized carbons (Fsp3) is 0.154. The van der Waals surface area contributed by atoms with Crippen molar-refractivity contribution in [2.45, 2.75) is 0 Å². The maximum Gasteiger partial charge on any atom is 0.273 e. The zero-order valence-electron chi connectivity index (χ0n) is 10.1. The van der Waals surface area contributed by atoms with Gasteiger partial charge in [-0.15, -0.1) is 10.2 Å². The SMILES string of the molecule is CN(C)C(=O)c1cc2c(nn1)[nH]c1ccccc12. The van der Waals surface area contributed by atoms with Crippen LogP contribution in [0.4, 0.5) is 0 Å². The highest BCUT2D eigenvalue weighted by atomic mass is 16.2. The summed E-state index contributed by atoms with van der Waals surface area (Å²) in [5, 5.41) is 9.99. The topological polar surface area (TPSA) is 61.9 Å². The molecule has 3 rings (SSSR count). The van der Waals surface area contributed by atoms with E-state index in [2.05, 4.69) is 15.2 Å². The van der Waals surface area contributed by atoms with Crippen molar-refractivity contribution in [3.63, 3.8) is 0 Å². The normalized spacial score (nSPS) is 11.0. The van der Waals surface area contributed by atoms with E-state index in [0.717, 1.165) is 16.3 Å². The van der Waals surface area contributed by atoms with Crippen LogP contribution in [0.3, 0.4) is 0 Å². The third kappa shape index (κ3) is 1.52. The van der Waals surface area contributed by atoms with Gasteiger partial charge in [-0.25, -0.2) is 0 Å². The van der Waals surface area contributed by atoms with Crippen LogP contribution in [-0.4, -0.2) is 40.1 Å². The van der Waals surface area contributed by atoms with Gasteiger partial charge in [0, 0.05) is 30.4 Å². The van der Waals surface area contributed by atoms with E-state index < -0.39 is 0 Å². The van der Waals surface area contributed by atoms with Gasteiger partial charge in [-0.3, -0.25) is 4.79 Å². The lowest BCUT2D eigenvalue weighted by molar-refractivity contribution is 0.0821. The number of hydrogen-bond donors (Lipinski definition) is 1. The molecule has 18 heavy (non-hydrogen) atoms. The Hall–Kier alpha value is -2.43. The molecule has 0 aliphatic rings. The Labute approximate surface area is 103 Å². The van der Waals surface area contributed by atoms with Crippen LogP contribution < -0.4 is 0 Å². The minimum Gasteiger partial charge on any atom is -0.343 e. The first-order valence-corrected chi connectivity index (χ1v) is 5.62. The smallest absolute Gasteiger partial charge is 0.273 e. The largest absolute Gasteiger partial charge is 0.343 e. The van der Waals surface area contributed by atoms with E-state index in [1.54, 1.807) is 20.2 Å². The lowest BCUT2D eigenvalue weighted by Gasteiger charge is -2.08. The molecule has 1 amide bonds. The summed E-state index contributed by atoms with van der Waals surface area (Å²) >= 11 is 0. The molecule has 0 saturated carbocycles. The van der Waals surface area contributed by atoms with Crippen LogP contribution in [0.2, 0.25) is 0 Å². The molecule has 0 bridgehead atoms. The Morgan fingerprint density at radius 1 is 1.17 bits per heavy atom. The van der Waals surface area contributed by atoms with Gasteiger partial charge in [-0.05, 0) is 12.1 Å². The van der Waals surface area contributed by atoms with Crippen molar-refractivity contribution in [3.8, 4) is 0 Å². The minimum absolute atomic E-state index is 0.144. The highest BCUT2D eigenvalue weighted by Crippen LogP contribution is 2.23. The quantitative estimate of drug-likeness (QED) is 0.705. The predicted molar refractivity (Wildman–Crippen MR) is 69.4 cm³/mol. The van der Waals surface area contributed by atoms with E-state index in [1.807, 2.05) is 24.3 Å². The number of aromatic amines is 1. The van der Waals surface area contributed by atoms with Crippen LogP contribution in [-0.2, 0) is 0 Å². The second-order valence-electron chi connectivity index (χ2n) is 4.36. The third-order valence-electron chi connectivity index (χ3n) is 2.89. The summed E-state index contributed by atoms with van der Waals surface area (Å²) in [6.45, 7) is 0. The number of para-hydroxylation sites is 1. The zero-order chi connectivity index (χ0) is 12.7. The van der Waals surface area contributed by atoms with E-state index in [-0.39, 0.29) is 5.91 Å². The van der Waals surface area contributed by atoms with Crippen LogP contribution in [0.25, 0.3) is 21.9 Å². The number of amides is 1. The molecule has 1 N–H and O–H groups in total. The fourth-order valence-electron chi connectivity index (χ4n) is 1.98. The molecule has 90 valence electrons. The number of hydrogen-bond acceptors (Lipinski definition) is 3. The van der Waals surface area contributed by atoms with Gasteiger partial charge < -0.3 is 9.88 Å². The molecule has 5 nitrogen and oxygen atoms in total. The fourth-order valence-corrected chi connectivity index (χ4v) is 1.98. The third-order valence-corrected chi connectivity index (χ3v) is 2.89. The van der Waals surface area contributed by atoms with Gasteiger partial charge >= 0.3 is 0 Å². The van der Waals surface area contributed by atoms with E-state index >= 15 is 0 Å². The van der Waals surface area contributed by atoms with Gasteiger partial charge in [-0.2, -0.15) is 0 Å². The number of H-pyrrole nitrogens is 1. The van der Waals surface area contributed by atoms with Gasteiger partial charge in [0.15, 0.2) is 11.3 Å². The lowest BCUT2D eigenvalue weighted by atomic mass is 10.2. The molecule has 2 heterocycles. The van der Waals surface area contributed by atoms with E-state index in [4.69, 9.17) is 0 Å². The highest BCUT2D eigenvalue weighted by molar-refractivity contribution is 6.07. The summed E-state index contributed by atoms with van der Waals surface area (Å²) in [7, 11) is 3.40. The maximum absolute atomic E-state index is 11.9. The van der Waals surface area contributed by atoms with Gasteiger partial charge in [0.25, 0.3) is 5.91 Å². The Balaban J connectivity index is 2.28. The minimum atomic E-state index is -0.144. The number of carbonyl (C=O) groups is 1. The first kappa shape index (κ1) is 10.7. The van der Waals surface area contributed by atoms with E-state index in [9.17, 15) is 4.79 Å². The molecule has 2 aromatic heterocycles. The van der Waals surface area contributed by atoms with Crippen LogP contribution in [0.5, 0.6) is 0 Å². The molecule has 0 spiro atoms. The molecule has 0 radical (unpaired) electrons. The van der Waals surface area contributed by atoms with Crippen LogP contribution >= 0.6 is 0 Å². The van der Waals surface area contributed by atoms with Crippen LogP contribution in [0.1, 0.15) is 10.5 Å². The summed E-state index contributed by atoms with van der Waals surface area (Å²) in [4.78, 5) is 16.5. The summed E-state index contributed by atoms with van der Waals surface area (Å²) < 4.78 is 0. The predicted octanol–water partition coefficient (Wildman–Crippen LogP) is 1.81. The summed E-state index contributed by atoms with van der Waals surface area (Å²) in [5.41, 5.74) is 2.06. The van der Waals surface area contributed by atoms with Gasteiger partial charge in [0.2, 0.25) is 0 Å². The molecule has 0 aliphatic carbocycles. The first-order chi connectivity index (χ1) is 8.66. The summed E-state index contributed by atoms with van der Waals surface area (Å²) in [5.74, 6) is -0.144. The number of fused-ring (bicyclic) bond motifs is 3. The number of benzene rings is 1. The van der Waals surface area contributed by atoms with Gasteiger partial charge in [-0.1, -0.05) is 18.2 Å². The monoisotopic (exact) mass is 240 g/mol. The Morgan fingerprint density at radius 3 is 2.72 bits per heavy atom. The second kappa shape index (κ2) is 3.80. The second-order valence-corrected chi connectivity index (χ2v) is 4.36. The molecule has 0 aliphatic heterocycles.